The Kier molecular flexibility index (Phi) is 10.3. The Labute approximate surface area is 183 Å². The summed E-state index contributed by atoms with van der Waals surface area (Å²) in [5.41, 5.74) is -0.588. The van der Waals surface area contributed by atoms with Crippen LogP contribution in [0.15, 0.2) is 53.8 Å². The second-order valence-electron chi connectivity index (χ2n) is 7.70. The number of carbonyl (C=O) groups is 2. The summed E-state index contributed by atoms with van der Waals surface area (Å²) in [6.07, 6.45) is 6.25. The molecule has 1 aromatic carbocycles. The predicted molar refractivity (Wildman–Crippen MR) is 126 cm³/mol. The molecule has 0 aromatic heterocycles. The van der Waals surface area contributed by atoms with Gasteiger partial charge in [-0.05, 0) is 25.8 Å². The van der Waals surface area contributed by atoms with Crippen LogP contribution in [0.2, 0.25) is 18.1 Å². The van der Waals surface area contributed by atoms with Crippen molar-refractivity contribution in [2.45, 2.75) is 65.1 Å². The first-order valence-electron chi connectivity index (χ1n) is 10.9. The first-order chi connectivity index (χ1) is 14.4. The largest absolute Gasteiger partial charge is 0.468 e. The van der Waals surface area contributed by atoms with Gasteiger partial charge in [-0.1, -0.05) is 92.7 Å². The number of esters is 2. The summed E-state index contributed by atoms with van der Waals surface area (Å²) >= 11 is 0. The van der Waals surface area contributed by atoms with E-state index in [9.17, 15) is 9.59 Å². The third-order valence-corrected chi connectivity index (χ3v) is 12.6. The van der Waals surface area contributed by atoms with E-state index >= 15 is 0 Å². The Balaban J connectivity index is 3.84. The summed E-state index contributed by atoms with van der Waals surface area (Å²) in [4.78, 5) is 26.8. The number of carbonyl (C=O) groups excluding carboxylic acids is 2. The van der Waals surface area contributed by atoms with Gasteiger partial charge in [-0.3, -0.25) is 9.59 Å². The molecule has 0 N–H and O–H groups in total. The van der Waals surface area contributed by atoms with Crippen LogP contribution in [0.1, 0.15) is 52.5 Å². The number of hydrogen-bond acceptors (Lipinski definition) is 4. The molecule has 4 nitrogen and oxygen atoms in total. The van der Waals surface area contributed by atoms with E-state index in [0.29, 0.717) is 6.42 Å². The third-order valence-electron chi connectivity index (χ3n) is 6.70. The molecule has 0 heterocycles. The zero-order chi connectivity index (χ0) is 22.8. The number of benzene rings is 1. The van der Waals surface area contributed by atoms with Crippen LogP contribution in [-0.2, 0) is 19.1 Å². The van der Waals surface area contributed by atoms with E-state index in [2.05, 4.69) is 26.8 Å². The maximum absolute atomic E-state index is 13.4. The molecule has 0 spiro atoms. The molecule has 0 amide bonds. The topological polar surface area (TPSA) is 52.6 Å². The highest BCUT2D eigenvalue weighted by atomic mass is 28.3. The summed E-state index contributed by atoms with van der Waals surface area (Å²) in [5, 5.41) is 1.23. The second kappa shape index (κ2) is 11.9. The van der Waals surface area contributed by atoms with Gasteiger partial charge in [-0.25, -0.2) is 0 Å². The molecule has 0 radical (unpaired) electrons. The fraction of sp³-hybridized carbons (Fsp3) is 0.520. The molecule has 0 aliphatic heterocycles. The van der Waals surface area contributed by atoms with Crippen molar-refractivity contribution in [2.24, 2.45) is 5.41 Å². The molecule has 0 fully saturated rings. The van der Waals surface area contributed by atoms with Crippen LogP contribution >= 0.6 is 0 Å². The van der Waals surface area contributed by atoms with Gasteiger partial charge in [0.25, 0.3) is 0 Å². The van der Waals surface area contributed by atoms with Crippen LogP contribution < -0.4 is 0 Å². The van der Waals surface area contributed by atoms with Crippen molar-refractivity contribution in [2.75, 3.05) is 14.2 Å². The van der Waals surface area contributed by atoms with E-state index in [-0.39, 0.29) is 0 Å². The molecule has 0 aliphatic carbocycles. The van der Waals surface area contributed by atoms with Gasteiger partial charge in [0.15, 0.2) is 5.41 Å². The summed E-state index contributed by atoms with van der Waals surface area (Å²) < 4.78 is 10.5. The SMILES string of the molecule is C/C=C(/CC(C(=O)OC)(C(=O)OC)C(/C=C/C)c1ccccc1)[Si](CC)(CC)CC. The first kappa shape index (κ1) is 25.9. The van der Waals surface area contributed by atoms with Gasteiger partial charge in [0.05, 0.1) is 22.3 Å². The van der Waals surface area contributed by atoms with Crippen molar-refractivity contribution in [3.05, 3.63) is 59.3 Å². The normalized spacial score (nSPS) is 13.9. The molecule has 1 rings (SSSR count). The molecule has 1 aromatic rings. The molecule has 0 aliphatic rings. The zero-order valence-electron chi connectivity index (χ0n) is 19.7. The van der Waals surface area contributed by atoms with Gasteiger partial charge in [0.2, 0.25) is 0 Å². The van der Waals surface area contributed by atoms with Gasteiger partial charge in [0.1, 0.15) is 0 Å². The fourth-order valence-electron chi connectivity index (χ4n) is 4.70. The predicted octanol–water partition coefficient (Wildman–Crippen LogP) is 6.06. The lowest BCUT2D eigenvalue weighted by atomic mass is 9.69. The molecule has 30 heavy (non-hydrogen) atoms. The molecule has 5 heteroatoms. The summed E-state index contributed by atoms with van der Waals surface area (Å²) in [6, 6.07) is 12.9. The maximum atomic E-state index is 13.4. The van der Waals surface area contributed by atoms with Gasteiger partial charge >= 0.3 is 11.9 Å². The Morgan fingerprint density at radius 1 is 0.967 bits per heavy atom. The van der Waals surface area contributed by atoms with Crippen LogP contribution in [0.5, 0.6) is 0 Å². The number of rotatable bonds is 11. The minimum Gasteiger partial charge on any atom is -0.468 e. The van der Waals surface area contributed by atoms with Crippen molar-refractivity contribution in [1.82, 2.24) is 0 Å². The molecule has 1 atom stereocenters. The minimum atomic E-state index is -1.82. The molecular formula is C25H38O4Si. The molecule has 1 unspecified atom stereocenters. The lowest BCUT2D eigenvalue weighted by molar-refractivity contribution is -0.170. The Hall–Kier alpha value is -2.14. The average Bonchev–Trinajstić information content (AvgIpc) is 2.80. The van der Waals surface area contributed by atoms with E-state index in [1.165, 1.54) is 19.4 Å². The maximum Gasteiger partial charge on any atom is 0.324 e. The van der Waals surface area contributed by atoms with Gasteiger partial charge in [0, 0.05) is 5.92 Å². The highest BCUT2D eigenvalue weighted by Gasteiger charge is 2.55. The van der Waals surface area contributed by atoms with Crippen molar-refractivity contribution >= 4 is 20.0 Å². The lowest BCUT2D eigenvalue weighted by Crippen LogP contribution is -2.49. The highest BCUT2D eigenvalue weighted by molar-refractivity contribution is 6.86. The number of allylic oxidation sites excluding steroid dienone is 4. The van der Waals surface area contributed by atoms with Crippen LogP contribution in [0.4, 0.5) is 0 Å². The monoisotopic (exact) mass is 430 g/mol. The Morgan fingerprint density at radius 3 is 1.83 bits per heavy atom. The fourth-order valence-corrected chi connectivity index (χ4v) is 8.82. The number of hydrogen-bond donors (Lipinski definition) is 0. The van der Waals surface area contributed by atoms with Crippen LogP contribution in [0, 0.1) is 5.41 Å². The molecular weight excluding hydrogens is 392 g/mol. The van der Waals surface area contributed by atoms with Gasteiger partial charge in [-0.2, -0.15) is 0 Å². The molecule has 0 saturated heterocycles. The van der Waals surface area contributed by atoms with E-state index in [1.54, 1.807) is 0 Å². The van der Waals surface area contributed by atoms with E-state index in [0.717, 1.165) is 23.7 Å². The summed E-state index contributed by atoms with van der Waals surface area (Å²) in [6.45, 7) is 10.6. The van der Waals surface area contributed by atoms with Crippen molar-refractivity contribution < 1.29 is 19.1 Å². The quantitative estimate of drug-likeness (QED) is 0.185. The first-order valence-corrected chi connectivity index (χ1v) is 13.5. The summed E-state index contributed by atoms with van der Waals surface area (Å²) in [5.74, 6) is -1.59. The summed E-state index contributed by atoms with van der Waals surface area (Å²) in [7, 11) is 0.867. The van der Waals surface area contributed by atoms with E-state index < -0.39 is 31.3 Å². The van der Waals surface area contributed by atoms with Crippen molar-refractivity contribution in [1.29, 1.82) is 0 Å². The Bertz CT molecular complexity index is 723. The minimum absolute atomic E-state index is 0.314. The zero-order valence-corrected chi connectivity index (χ0v) is 20.7. The van der Waals surface area contributed by atoms with Crippen LogP contribution in [0.3, 0.4) is 0 Å². The molecule has 0 bridgehead atoms. The number of ether oxygens (including phenoxy) is 2. The Morgan fingerprint density at radius 2 is 1.47 bits per heavy atom. The van der Waals surface area contributed by atoms with Crippen LogP contribution in [0.25, 0.3) is 0 Å². The van der Waals surface area contributed by atoms with E-state index in [4.69, 9.17) is 9.47 Å². The third kappa shape index (κ3) is 4.94. The van der Waals surface area contributed by atoms with Gasteiger partial charge < -0.3 is 9.47 Å². The van der Waals surface area contributed by atoms with E-state index in [1.807, 2.05) is 56.3 Å². The standard InChI is InChI=1S/C25H38O4Si/c1-8-16-22(20-17-14-13-15-18-20)25(23(26)28-6,24(27)29-7)19-21(9-2)30(10-3,11-4)12-5/h8-9,13-18,22H,10-12,19H2,1-7H3/b16-8+,21-9-. The molecule has 166 valence electrons. The molecule has 0 saturated carbocycles. The van der Waals surface area contributed by atoms with Gasteiger partial charge in [-0.15, -0.1) is 0 Å². The number of methoxy groups -OCH3 is 2. The van der Waals surface area contributed by atoms with Crippen molar-refractivity contribution in [3.63, 3.8) is 0 Å². The van der Waals surface area contributed by atoms with Crippen LogP contribution in [-0.4, -0.2) is 34.2 Å². The second-order valence-corrected chi connectivity index (χ2v) is 13.0. The smallest absolute Gasteiger partial charge is 0.324 e. The van der Waals surface area contributed by atoms with Crippen molar-refractivity contribution in [3.8, 4) is 0 Å². The lowest BCUT2D eigenvalue weighted by Gasteiger charge is -2.40. The highest BCUT2D eigenvalue weighted by Crippen LogP contribution is 2.47. The average molecular weight is 431 g/mol.